The standard InChI is InChI=1S/C12H16O4/c1-12(16-3,11(13)14)10(15-2)9-7-5-4-6-8-9/h4-8,10H,1-3H3,(H,13,14). The van der Waals surface area contributed by atoms with Crippen LogP contribution in [0.3, 0.4) is 0 Å². The van der Waals surface area contributed by atoms with Crippen molar-refractivity contribution in [1.82, 2.24) is 0 Å². The monoisotopic (exact) mass is 224 g/mol. The maximum absolute atomic E-state index is 11.2. The van der Waals surface area contributed by atoms with E-state index in [2.05, 4.69) is 0 Å². The van der Waals surface area contributed by atoms with Gasteiger partial charge in [0.05, 0.1) is 0 Å². The van der Waals surface area contributed by atoms with E-state index < -0.39 is 17.7 Å². The van der Waals surface area contributed by atoms with Crippen LogP contribution in [0.5, 0.6) is 0 Å². The van der Waals surface area contributed by atoms with Crippen LogP contribution < -0.4 is 0 Å². The predicted octanol–water partition coefficient (Wildman–Crippen LogP) is 1.86. The van der Waals surface area contributed by atoms with E-state index in [0.717, 1.165) is 5.56 Å². The number of aliphatic carboxylic acids is 1. The van der Waals surface area contributed by atoms with E-state index in [0.29, 0.717) is 0 Å². The average Bonchev–Trinajstić information content (AvgIpc) is 2.30. The highest BCUT2D eigenvalue weighted by Gasteiger charge is 2.43. The zero-order chi connectivity index (χ0) is 12.2. The fourth-order valence-electron chi connectivity index (χ4n) is 1.61. The van der Waals surface area contributed by atoms with Crippen LogP contribution in [0.15, 0.2) is 30.3 Å². The third-order valence-corrected chi connectivity index (χ3v) is 2.69. The lowest BCUT2D eigenvalue weighted by Gasteiger charge is -2.31. The van der Waals surface area contributed by atoms with Crippen LogP contribution in [-0.2, 0) is 14.3 Å². The molecule has 1 rings (SSSR count). The minimum absolute atomic E-state index is 0.642. The molecule has 88 valence electrons. The Balaban J connectivity index is 3.11. The fourth-order valence-corrected chi connectivity index (χ4v) is 1.61. The maximum atomic E-state index is 11.2. The lowest BCUT2D eigenvalue weighted by molar-refractivity contribution is -0.178. The lowest BCUT2D eigenvalue weighted by atomic mass is 9.92. The van der Waals surface area contributed by atoms with Gasteiger partial charge in [0, 0.05) is 14.2 Å². The van der Waals surface area contributed by atoms with Gasteiger partial charge in [-0.15, -0.1) is 0 Å². The first-order valence-corrected chi connectivity index (χ1v) is 4.92. The molecule has 16 heavy (non-hydrogen) atoms. The van der Waals surface area contributed by atoms with Crippen molar-refractivity contribution < 1.29 is 19.4 Å². The Kier molecular flexibility index (Phi) is 4.04. The summed E-state index contributed by atoms with van der Waals surface area (Å²) in [5.74, 6) is -1.05. The summed E-state index contributed by atoms with van der Waals surface area (Å²) in [6.45, 7) is 1.50. The first kappa shape index (κ1) is 12.7. The third-order valence-electron chi connectivity index (χ3n) is 2.69. The lowest BCUT2D eigenvalue weighted by Crippen LogP contribution is -2.44. The van der Waals surface area contributed by atoms with Crippen molar-refractivity contribution in [3.05, 3.63) is 35.9 Å². The molecule has 0 spiro atoms. The van der Waals surface area contributed by atoms with Crippen LogP contribution >= 0.6 is 0 Å². The highest BCUT2D eigenvalue weighted by atomic mass is 16.6. The molecule has 0 fully saturated rings. The molecule has 0 amide bonds. The first-order valence-electron chi connectivity index (χ1n) is 4.92. The molecule has 0 aliphatic rings. The SMILES string of the molecule is COC(c1ccccc1)C(C)(OC)C(=O)O. The second kappa shape index (κ2) is 5.09. The van der Waals surface area contributed by atoms with E-state index in [9.17, 15) is 9.90 Å². The smallest absolute Gasteiger partial charge is 0.338 e. The molecule has 1 aromatic carbocycles. The molecule has 4 heteroatoms. The third kappa shape index (κ3) is 2.23. The summed E-state index contributed by atoms with van der Waals surface area (Å²) in [5.41, 5.74) is -0.618. The number of carboxylic acids is 1. The summed E-state index contributed by atoms with van der Waals surface area (Å²) in [4.78, 5) is 11.2. The highest BCUT2D eigenvalue weighted by Crippen LogP contribution is 2.31. The van der Waals surface area contributed by atoms with Crippen LogP contribution in [-0.4, -0.2) is 30.9 Å². The number of ether oxygens (including phenoxy) is 2. The van der Waals surface area contributed by atoms with Crippen molar-refractivity contribution in [1.29, 1.82) is 0 Å². The maximum Gasteiger partial charge on any atom is 0.338 e. The van der Waals surface area contributed by atoms with Gasteiger partial charge in [-0.25, -0.2) is 4.79 Å². The molecule has 0 aromatic heterocycles. The number of methoxy groups -OCH3 is 2. The van der Waals surface area contributed by atoms with Crippen molar-refractivity contribution >= 4 is 5.97 Å². The van der Waals surface area contributed by atoms with Crippen molar-refractivity contribution in [2.45, 2.75) is 18.6 Å². The average molecular weight is 224 g/mol. The molecular formula is C12H16O4. The second-order valence-electron chi connectivity index (χ2n) is 3.64. The van der Waals surface area contributed by atoms with Crippen molar-refractivity contribution in [3.8, 4) is 0 Å². The fraction of sp³-hybridized carbons (Fsp3) is 0.417. The molecular weight excluding hydrogens is 208 g/mol. The van der Waals surface area contributed by atoms with Gasteiger partial charge >= 0.3 is 5.97 Å². The molecule has 0 aliphatic carbocycles. The van der Waals surface area contributed by atoms with Crippen LogP contribution in [0.2, 0.25) is 0 Å². The van der Waals surface area contributed by atoms with Crippen LogP contribution in [0, 0.1) is 0 Å². The molecule has 0 saturated heterocycles. The van der Waals surface area contributed by atoms with E-state index in [1.807, 2.05) is 30.3 Å². The van der Waals surface area contributed by atoms with Crippen LogP contribution in [0.25, 0.3) is 0 Å². The summed E-state index contributed by atoms with van der Waals surface area (Å²) in [5, 5.41) is 9.19. The van der Waals surface area contributed by atoms with Gasteiger partial charge in [-0.2, -0.15) is 0 Å². The normalized spacial score (nSPS) is 16.4. The van der Waals surface area contributed by atoms with E-state index >= 15 is 0 Å². The zero-order valence-corrected chi connectivity index (χ0v) is 9.64. The largest absolute Gasteiger partial charge is 0.479 e. The molecule has 0 saturated carbocycles. The van der Waals surface area contributed by atoms with Gasteiger partial charge < -0.3 is 14.6 Å². The summed E-state index contributed by atoms with van der Waals surface area (Å²) in [7, 11) is 2.83. The van der Waals surface area contributed by atoms with Gasteiger partial charge in [0.25, 0.3) is 0 Å². The van der Waals surface area contributed by atoms with Gasteiger partial charge in [0.2, 0.25) is 0 Å². The molecule has 1 aromatic rings. The number of rotatable bonds is 5. The summed E-state index contributed by atoms with van der Waals surface area (Å²) in [6.07, 6.45) is -0.642. The number of carbonyl (C=O) groups is 1. The molecule has 0 radical (unpaired) electrons. The molecule has 0 bridgehead atoms. The van der Waals surface area contributed by atoms with E-state index in [1.165, 1.54) is 21.1 Å². The summed E-state index contributed by atoms with van der Waals surface area (Å²) in [6, 6.07) is 9.16. The first-order chi connectivity index (χ1) is 7.56. The Bertz CT molecular complexity index is 349. The van der Waals surface area contributed by atoms with E-state index in [4.69, 9.17) is 9.47 Å². The van der Waals surface area contributed by atoms with Crippen molar-refractivity contribution in [2.75, 3.05) is 14.2 Å². The highest BCUT2D eigenvalue weighted by molar-refractivity contribution is 5.78. The molecule has 0 heterocycles. The van der Waals surface area contributed by atoms with Gasteiger partial charge in [-0.05, 0) is 12.5 Å². The predicted molar refractivity (Wildman–Crippen MR) is 59.2 cm³/mol. The van der Waals surface area contributed by atoms with Gasteiger partial charge in [-0.1, -0.05) is 30.3 Å². The molecule has 4 nitrogen and oxygen atoms in total. The topological polar surface area (TPSA) is 55.8 Å². The van der Waals surface area contributed by atoms with E-state index in [1.54, 1.807) is 0 Å². The van der Waals surface area contributed by atoms with Crippen LogP contribution in [0.1, 0.15) is 18.6 Å². The van der Waals surface area contributed by atoms with Crippen LogP contribution in [0.4, 0.5) is 0 Å². The van der Waals surface area contributed by atoms with Crippen molar-refractivity contribution in [3.63, 3.8) is 0 Å². The molecule has 0 aliphatic heterocycles. The Morgan fingerprint density at radius 1 is 1.31 bits per heavy atom. The van der Waals surface area contributed by atoms with Gasteiger partial charge in [0.1, 0.15) is 6.10 Å². The minimum Gasteiger partial charge on any atom is -0.479 e. The summed E-state index contributed by atoms with van der Waals surface area (Å²) < 4.78 is 10.3. The number of hydrogen-bond acceptors (Lipinski definition) is 3. The summed E-state index contributed by atoms with van der Waals surface area (Å²) >= 11 is 0. The Morgan fingerprint density at radius 2 is 1.88 bits per heavy atom. The molecule has 1 N–H and O–H groups in total. The quantitative estimate of drug-likeness (QED) is 0.829. The number of hydrogen-bond donors (Lipinski definition) is 1. The Labute approximate surface area is 94.8 Å². The number of carboxylic acid groups (broad SMARTS) is 1. The van der Waals surface area contributed by atoms with E-state index in [-0.39, 0.29) is 0 Å². The molecule has 2 unspecified atom stereocenters. The minimum atomic E-state index is -1.39. The Hall–Kier alpha value is -1.39. The van der Waals surface area contributed by atoms with Gasteiger partial charge in [0.15, 0.2) is 5.60 Å². The second-order valence-corrected chi connectivity index (χ2v) is 3.64. The Morgan fingerprint density at radius 3 is 2.25 bits per heavy atom. The zero-order valence-electron chi connectivity index (χ0n) is 9.64. The number of benzene rings is 1. The van der Waals surface area contributed by atoms with Crippen molar-refractivity contribution in [2.24, 2.45) is 0 Å². The van der Waals surface area contributed by atoms with Gasteiger partial charge in [-0.3, -0.25) is 0 Å². The molecule has 2 atom stereocenters.